The summed E-state index contributed by atoms with van der Waals surface area (Å²) in [6.45, 7) is 13.7. The molecule has 0 saturated carbocycles. The van der Waals surface area contributed by atoms with Gasteiger partial charge in [-0.25, -0.2) is 9.97 Å². The van der Waals surface area contributed by atoms with Crippen molar-refractivity contribution in [3.05, 3.63) is 181 Å². The minimum Gasteiger partial charge on any atom is -0.457 e. The van der Waals surface area contributed by atoms with Gasteiger partial charge in [-0.2, -0.15) is 0 Å². The molecule has 2 atom stereocenters. The summed E-state index contributed by atoms with van der Waals surface area (Å²) in [6, 6.07) is 32.5. The Morgan fingerprint density at radius 3 is 1.78 bits per heavy atom. The Morgan fingerprint density at radius 1 is 0.709 bits per heavy atom. The van der Waals surface area contributed by atoms with Crippen LogP contribution in [0.4, 0.5) is 0 Å². The number of rotatable bonds is 10. The van der Waals surface area contributed by atoms with Crippen molar-refractivity contribution in [3.8, 4) is 34.0 Å². The quantitative estimate of drug-likeness (QED) is 0.137. The summed E-state index contributed by atoms with van der Waals surface area (Å²) >= 11 is 0. The highest BCUT2D eigenvalue weighted by Gasteiger charge is 2.38. The first-order valence-corrected chi connectivity index (χ1v) is 18.5. The molecule has 274 valence electrons. The van der Waals surface area contributed by atoms with Crippen molar-refractivity contribution in [1.82, 2.24) is 29.7 Å². The van der Waals surface area contributed by atoms with Gasteiger partial charge in [0.2, 0.25) is 11.8 Å². The summed E-state index contributed by atoms with van der Waals surface area (Å²) in [5, 5.41) is 0. The number of likely N-dealkylation sites (tertiary alicyclic amines) is 2. The lowest BCUT2D eigenvalue weighted by atomic mass is 9.95. The predicted octanol–water partition coefficient (Wildman–Crippen LogP) is 9.12. The highest BCUT2D eigenvalue weighted by Crippen LogP contribution is 2.39. The van der Waals surface area contributed by atoms with E-state index in [2.05, 4.69) is 23.1 Å². The van der Waals surface area contributed by atoms with Crippen LogP contribution in [0, 0.1) is 19.3 Å². The summed E-state index contributed by atoms with van der Waals surface area (Å²) in [6.07, 6.45) is 6.86. The number of aromatic amines is 2. The van der Waals surface area contributed by atoms with Crippen molar-refractivity contribution >= 4 is 11.8 Å². The van der Waals surface area contributed by atoms with Crippen LogP contribution in [-0.4, -0.2) is 54.6 Å². The maximum absolute atomic E-state index is 13.7. The number of amides is 2. The van der Waals surface area contributed by atoms with Crippen LogP contribution in [0.3, 0.4) is 0 Å². The lowest BCUT2D eigenvalue weighted by molar-refractivity contribution is -0.129. The smallest absolute Gasteiger partial charge is 0.235 e. The number of aromatic nitrogens is 4. The fraction of sp³-hybridized carbons (Fsp3) is 0.174. The number of imidazole rings is 2. The third-order valence-electron chi connectivity index (χ3n) is 10.5. The van der Waals surface area contributed by atoms with E-state index in [4.69, 9.17) is 14.7 Å². The highest BCUT2D eigenvalue weighted by atomic mass is 16.5. The first-order chi connectivity index (χ1) is 26.7. The maximum atomic E-state index is 13.7. The fourth-order valence-corrected chi connectivity index (χ4v) is 7.51. The molecule has 0 bridgehead atoms. The number of hydrogen-bond donors (Lipinski definition) is 2. The van der Waals surface area contributed by atoms with Gasteiger partial charge in [-0.3, -0.25) is 9.59 Å². The summed E-state index contributed by atoms with van der Waals surface area (Å²) < 4.78 is 6.18. The molecule has 2 radical (unpaired) electrons. The second-order valence-electron chi connectivity index (χ2n) is 14.1. The van der Waals surface area contributed by atoms with Crippen molar-refractivity contribution in [2.45, 2.75) is 38.8 Å². The molecule has 6 aromatic rings. The largest absolute Gasteiger partial charge is 0.457 e. The molecule has 2 amide bonds. The molecule has 2 N–H and O–H groups in total. The Morgan fingerprint density at radius 2 is 1.22 bits per heavy atom. The molecular formula is C46H42N6O3. The van der Waals surface area contributed by atoms with Crippen LogP contribution in [0.15, 0.2) is 140 Å². The van der Waals surface area contributed by atoms with Crippen LogP contribution >= 0.6 is 0 Å². The maximum Gasteiger partial charge on any atom is 0.235 e. The van der Waals surface area contributed by atoms with Gasteiger partial charge in [0.1, 0.15) is 35.2 Å². The monoisotopic (exact) mass is 726 g/mol. The molecule has 9 nitrogen and oxygen atoms in total. The van der Waals surface area contributed by atoms with Gasteiger partial charge in [-0.1, -0.05) is 67.8 Å². The molecule has 8 rings (SSSR count). The lowest BCUT2D eigenvalue weighted by Crippen LogP contribution is -2.35. The van der Waals surface area contributed by atoms with Crippen LogP contribution in [0.2, 0.25) is 0 Å². The van der Waals surface area contributed by atoms with Crippen LogP contribution in [0.1, 0.15) is 60.2 Å². The molecule has 2 aliphatic heterocycles. The van der Waals surface area contributed by atoms with Gasteiger partial charge in [0.15, 0.2) is 0 Å². The average molecular weight is 727 g/mol. The predicted molar refractivity (Wildman–Crippen MR) is 214 cm³/mol. The van der Waals surface area contributed by atoms with Crippen molar-refractivity contribution in [3.63, 3.8) is 0 Å². The molecule has 1 unspecified atom stereocenters. The number of hydrogen-bond acceptors (Lipinski definition) is 5. The SMILES string of the molecule is C=C1CCN(C(=O)[CH]c2ccccc2)C1c1nc(-c2ccc(Oc3ccc(-c4c[nH]c([C@@H]5C(=C)CCN5C(=O)[C](C)c5ccccc5C)n4)cc3)cc2)c[nH]1. The zero-order valence-corrected chi connectivity index (χ0v) is 31.0. The van der Waals surface area contributed by atoms with Crippen molar-refractivity contribution in [2.24, 2.45) is 0 Å². The molecule has 9 heteroatoms. The molecular weight excluding hydrogens is 685 g/mol. The zero-order valence-electron chi connectivity index (χ0n) is 31.0. The molecule has 55 heavy (non-hydrogen) atoms. The summed E-state index contributed by atoms with van der Waals surface area (Å²) in [5.74, 6) is 3.43. The summed E-state index contributed by atoms with van der Waals surface area (Å²) in [4.78, 5) is 47.0. The van der Waals surface area contributed by atoms with Crippen LogP contribution in [-0.2, 0) is 9.59 Å². The second kappa shape index (κ2) is 15.1. The van der Waals surface area contributed by atoms with E-state index in [1.807, 2.05) is 139 Å². The van der Waals surface area contributed by atoms with E-state index in [-0.39, 0.29) is 23.9 Å². The van der Waals surface area contributed by atoms with Gasteiger partial charge in [0, 0.05) is 36.6 Å². The van der Waals surface area contributed by atoms with Crippen LogP contribution in [0.25, 0.3) is 22.5 Å². The van der Waals surface area contributed by atoms with Crippen molar-refractivity contribution in [1.29, 1.82) is 0 Å². The topological polar surface area (TPSA) is 107 Å². The van der Waals surface area contributed by atoms with Gasteiger partial charge in [0.25, 0.3) is 0 Å². The Labute approximate surface area is 321 Å². The Kier molecular flexibility index (Phi) is 9.76. The van der Waals surface area contributed by atoms with E-state index in [1.165, 1.54) is 0 Å². The molecule has 0 spiro atoms. The summed E-state index contributed by atoms with van der Waals surface area (Å²) in [5.41, 5.74) is 8.22. The van der Waals surface area contributed by atoms with E-state index in [0.717, 1.165) is 69.1 Å². The lowest BCUT2D eigenvalue weighted by Gasteiger charge is -2.27. The number of aryl methyl sites for hydroxylation is 1. The first-order valence-electron chi connectivity index (χ1n) is 18.5. The average Bonchev–Trinajstić information content (AvgIpc) is 4.03. The Balaban J connectivity index is 0.905. The Hall–Kier alpha value is -6.48. The van der Waals surface area contributed by atoms with Gasteiger partial charge in [-0.05, 0) is 103 Å². The molecule has 2 aliphatic rings. The van der Waals surface area contributed by atoms with E-state index in [9.17, 15) is 9.59 Å². The van der Waals surface area contributed by atoms with E-state index in [0.29, 0.717) is 36.2 Å². The van der Waals surface area contributed by atoms with E-state index < -0.39 is 0 Å². The Bertz CT molecular complexity index is 2360. The zero-order chi connectivity index (χ0) is 38.1. The fourth-order valence-electron chi connectivity index (χ4n) is 7.51. The number of ether oxygens (including phenoxy) is 1. The van der Waals surface area contributed by atoms with Gasteiger partial charge in [0.05, 0.1) is 23.7 Å². The van der Waals surface area contributed by atoms with Gasteiger partial charge in [-0.15, -0.1) is 0 Å². The van der Waals surface area contributed by atoms with Crippen molar-refractivity contribution in [2.75, 3.05) is 13.1 Å². The molecule has 2 saturated heterocycles. The molecule has 4 aromatic carbocycles. The number of benzene rings is 4. The van der Waals surface area contributed by atoms with E-state index in [1.54, 1.807) is 6.42 Å². The number of nitrogens with zero attached hydrogens (tertiary/aromatic N) is 4. The van der Waals surface area contributed by atoms with Crippen LogP contribution in [0.5, 0.6) is 11.5 Å². The number of H-pyrrole nitrogens is 2. The van der Waals surface area contributed by atoms with E-state index >= 15 is 0 Å². The number of nitrogens with one attached hydrogen (secondary N) is 2. The third-order valence-corrected chi connectivity index (χ3v) is 10.5. The van der Waals surface area contributed by atoms with Crippen molar-refractivity contribution < 1.29 is 14.3 Å². The van der Waals surface area contributed by atoms with Gasteiger partial charge >= 0.3 is 0 Å². The second-order valence-corrected chi connectivity index (χ2v) is 14.1. The molecule has 0 aliphatic carbocycles. The van der Waals surface area contributed by atoms with Crippen LogP contribution < -0.4 is 4.74 Å². The minimum atomic E-state index is -0.316. The highest BCUT2D eigenvalue weighted by molar-refractivity contribution is 5.95. The molecule has 2 aromatic heterocycles. The normalized spacial score (nSPS) is 17.0. The molecule has 2 fully saturated rings. The number of carbonyl (C=O) groups excluding carboxylic acids is 2. The first kappa shape index (κ1) is 35.5. The number of carbonyl (C=O) groups is 2. The molecule has 4 heterocycles. The minimum absolute atomic E-state index is 0.00650. The standard InChI is InChI=1S/C46H42N6O3/c1-29-10-8-9-13-38(29)32(4)46(54)52-25-23-31(3)43(52)45-48-28-40(50-45)35-16-20-37(21-17-35)55-36-18-14-34(15-19-36)39-27-47-44(49-39)42-30(2)22-24-51(42)41(53)26-33-11-6-5-7-12-33/h5-21,26-28,42-43H,2-3,22-25H2,1,4H3,(H,47,49)(H,48,50)/t42?,43-/m0/s1. The third kappa shape index (κ3) is 7.25. The van der Waals surface area contributed by atoms with Gasteiger partial charge < -0.3 is 24.5 Å². The summed E-state index contributed by atoms with van der Waals surface area (Å²) in [7, 11) is 0.